The van der Waals surface area contributed by atoms with Crippen molar-refractivity contribution in [2.24, 2.45) is 0 Å². The molecule has 3 aromatic rings. The lowest BCUT2D eigenvalue weighted by molar-refractivity contribution is 0.335. The number of fused-ring (bicyclic) bond motifs is 1. The Morgan fingerprint density at radius 2 is 1.89 bits per heavy atom. The van der Waals surface area contributed by atoms with Crippen LogP contribution in [0.5, 0.6) is 0 Å². The van der Waals surface area contributed by atoms with E-state index in [0.717, 1.165) is 43.1 Å². The van der Waals surface area contributed by atoms with Crippen LogP contribution in [0.15, 0.2) is 54.7 Å². The number of aromatic nitrogens is 2. The van der Waals surface area contributed by atoms with Crippen LogP contribution in [-0.2, 0) is 5.41 Å². The van der Waals surface area contributed by atoms with Crippen molar-refractivity contribution >= 4 is 10.8 Å². The van der Waals surface area contributed by atoms with Crippen LogP contribution in [0.4, 0.5) is 0 Å². The molecule has 0 radical (unpaired) electrons. The number of hydrogen-bond donors (Lipinski definition) is 2. The summed E-state index contributed by atoms with van der Waals surface area (Å²) in [5.74, 6) is 0.940. The van der Waals surface area contributed by atoms with Crippen LogP contribution >= 0.6 is 0 Å². The van der Waals surface area contributed by atoms with Gasteiger partial charge in [0.05, 0.1) is 11.1 Å². The van der Waals surface area contributed by atoms with Crippen LogP contribution in [0.1, 0.15) is 33.0 Å². The molecule has 1 atom stereocenters. The summed E-state index contributed by atoms with van der Waals surface area (Å²) in [4.78, 5) is 9.70. The van der Waals surface area contributed by atoms with Crippen molar-refractivity contribution in [3.05, 3.63) is 60.6 Å². The molecule has 0 bridgehead atoms. The van der Waals surface area contributed by atoms with Gasteiger partial charge in [-0.1, -0.05) is 36.4 Å². The third kappa shape index (κ3) is 3.87. The summed E-state index contributed by atoms with van der Waals surface area (Å²) in [6, 6.07) is 17.0. The second kappa shape index (κ2) is 7.02. The van der Waals surface area contributed by atoms with E-state index >= 15 is 0 Å². The van der Waals surface area contributed by atoms with Crippen molar-refractivity contribution < 1.29 is 0 Å². The summed E-state index contributed by atoms with van der Waals surface area (Å²) < 4.78 is 0. The van der Waals surface area contributed by atoms with E-state index in [-0.39, 0.29) is 11.0 Å². The Balaban J connectivity index is 1.69. The average Bonchev–Trinajstić information content (AvgIpc) is 3.16. The maximum atomic E-state index is 5.01. The van der Waals surface area contributed by atoms with E-state index in [1.807, 2.05) is 12.3 Å². The van der Waals surface area contributed by atoms with E-state index in [9.17, 15) is 0 Å². The van der Waals surface area contributed by atoms with Crippen molar-refractivity contribution in [2.45, 2.75) is 38.1 Å². The number of benzene rings is 2. The molecule has 1 aliphatic rings. The lowest BCUT2D eigenvalue weighted by Crippen LogP contribution is -2.48. The minimum Gasteiger partial charge on any atom is -0.316 e. The Labute approximate surface area is 161 Å². The van der Waals surface area contributed by atoms with Crippen molar-refractivity contribution in [3.8, 4) is 11.3 Å². The molecule has 4 heteroatoms. The van der Waals surface area contributed by atoms with Gasteiger partial charge >= 0.3 is 0 Å². The number of nitrogens with zero attached hydrogens (tertiary/aromatic N) is 2. The molecule has 0 amide bonds. The smallest absolute Gasteiger partial charge is 0.137 e. The molecule has 140 valence electrons. The van der Waals surface area contributed by atoms with Gasteiger partial charge in [-0.25, -0.2) is 9.97 Å². The predicted molar refractivity (Wildman–Crippen MR) is 112 cm³/mol. The first-order chi connectivity index (χ1) is 13.0. The largest absolute Gasteiger partial charge is 0.316 e. The second-order valence-electron chi connectivity index (χ2n) is 8.64. The zero-order valence-corrected chi connectivity index (χ0v) is 16.4. The minimum absolute atomic E-state index is 0.0554. The highest BCUT2D eigenvalue weighted by Gasteiger charge is 2.39. The standard InChI is InChI=1S/C23H28N4/c1-22(2,3)26-16-23(11-13-24-15-23)21-25-12-10-20(27-21)19-9-8-17-6-4-5-7-18(17)14-19/h4-10,12,14,24,26H,11,13,15-16H2,1-3H3/t23-/m1/s1. The number of nitrogens with one attached hydrogen (secondary N) is 2. The van der Waals surface area contributed by atoms with Crippen LogP contribution in [0, 0.1) is 0 Å². The van der Waals surface area contributed by atoms with Crippen LogP contribution in [-0.4, -0.2) is 35.1 Å². The number of rotatable bonds is 4. The molecule has 1 aliphatic heterocycles. The maximum absolute atomic E-state index is 5.01. The van der Waals surface area contributed by atoms with Crippen LogP contribution in [0.25, 0.3) is 22.0 Å². The third-order valence-electron chi connectivity index (χ3n) is 5.38. The summed E-state index contributed by atoms with van der Waals surface area (Å²) >= 11 is 0. The van der Waals surface area contributed by atoms with Gasteiger partial charge in [-0.2, -0.15) is 0 Å². The van der Waals surface area contributed by atoms with Gasteiger partial charge in [0.2, 0.25) is 0 Å². The molecule has 2 heterocycles. The summed E-state index contributed by atoms with van der Waals surface area (Å²) in [6.45, 7) is 9.41. The molecule has 1 aromatic heterocycles. The van der Waals surface area contributed by atoms with E-state index in [4.69, 9.17) is 9.97 Å². The maximum Gasteiger partial charge on any atom is 0.137 e. The Morgan fingerprint density at radius 3 is 2.63 bits per heavy atom. The van der Waals surface area contributed by atoms with E-state index in [1.165, 1.54) is 10.8 Å². The first-order valence-corrected chi connectivity index (χ1v) is 9.74. The molecule has 27 heavy (non-hydrogen) atoms. The summed E-state index contributed by atoms with van der Waals surface area (Å²) in [5, 5.41) is 9.67. The van der Waals surface area contributed by atoms with Gasteiger partial charge in [0, 0.05) is 30.4 Å². The van der Waals surface area contributed by atoms with Crippen molar-refractivity contribution in [1.82, 2.24) is 20.6 Å². The van der Waals surface area contributed by atoms with Crippen molar-refractivity contribution in [2.75, 3.05) is 19.6 Å². The molecule has 0 spiro atoms. The zero-order chi connectivity index (χ0) is 18.9. The molecule has 0 aliphatic carbocycles. The highest BCUT2D eigenvalue weighted by Crippen LogP contribution is 2.30. The van der Waals surface area contributed by atoms with E-state index < -0.39 is 0 Å². The average molecular weight is 361 g/mol. The monoisotopic (exact) mass is 360 g/mol. The molecule has 4 nitrogen and oxygen atoms in total. The quantitative estimate of drug-likeness (QED) is 0.740. The third-order valence-corrected chi connectivity index (χ3v) is 5.38. The van der Waals surface area contributed by atoms with Gasteiger partial charge in [0.1, 0.15) is 5.82 Å². The van der Waals surface area contributed by atoms with Crippen LogP contribution < -0.4 is 10.6 Å². The lowest BCUT2D eigenvalue weighted by Gasteiger charge is -2.31. The van der Waals surface area contributed by atoms with Crippen LogP contribution in [0.2, 0.25) is 0 Å². The van der Waals surface area contributed by atoms with E-state index in [0.29, 0.717) is 0 Å². The SMILES string of the molecule is CC(C)(C)NC[C@@]1(c2nccc(-c3ccc4ccccc4c3)n2)CCNC1. The van der Waals surface area contributed by atoms with E-state index in [2.05, 4.69) is 73.9 Å². The second-order valence-corrected chi connectivity index (χ2v) is 8.64. The van der Waals surface area contributed by atoms with Gasteiger partial charge in [-0.3, -0.25) is 0 Å². The minimum atomic E-state index is -0.0554. The van der Waals surface area contributed by atoms with Crippen molar-refractivity contribution in [1.29, 1.82) is 0 Å². The molecule has 1 saturated heterocycles. The molecule has 1 fully saturated rings. The molecule has 4 rings (SSSR count). The first-order valence-electron chi connectivity index (χ1n) is 9.74. The first kappa shape index (κ1) is 18.1. The van der Waals surface area contributed by atoms with Gasteiger partial charge < -0.3 is 10.6 Å². The molecule has 2 aromatic carbocycles. The fourth-order valence-electron chi connectivity index (χ4n) is 3.72. The fraction of sp³-hybridized carbons (Fsp3) is 0.391. The predicted octanol–water partition coefficient (Wildman–Crippen LogP) is 3.92. The molecule has 2 N–H and O–H groups in total. The van der Waals surface area contributed by atoms with Gasteiger partial charge in [-0.15, -0.1) is 0 Å². The fourth-order valence-corrected chi connectivity index (χ4v) is 3.72. The highest BCUT2D eigenvalue weighted by molar-refractivity contribution is 5.86. The Morgan fingerprint density at radius 1 is 1.07 bits per heavy atom. The number of hydrogen-bond acceptors (Lipinski definition) is 4. The zero-order valence-electron chi connectivity index (χ0n) is 16.4. The molecular weight excluding hydrogens is 332 g/mol. The summed E-state index contributed by atoms with van der Waals surface area (Å²) in [6.07, 6.45) is 2.96. The summed E-state index contributed by atoms with van der Waals surface area (Å²) in [5.41, 5.74) is 2.15. The highest BCUT2D eigenvalue weighted by atomic mass is 15.0. The Kier molecular flexibility index (Phi) is 4.70. The Hall–Kier alpha value is -2.30. The van der Waals surface area contributed by atoms with Crippen LogP contribution in [0.3, 0.4) is 0 Å². The molecular formula is C23H28N4. The Bertz CT molecular complexity index is 936. The lowest BCUT2D eigenvalue weighted by atomic mass is 9.85. The topological polar surface area (TPSA) is 49.8 Å². The molecule has 0 unspecified atom stereocenters. The van der Waals surface area contributed by atoms with Gasteiger partial charge in [-0.05, 0) is 56.6 Å². The normalized spacial score (nSPS) is 20.3. The van der Waals surface area contributed by atoms with E-state index in [1.54, 1.807) is 0 Å². The van der Waals surface area contributed by atoms with Gasteiger partial charge in [0.15, 0.2) is 0 Å². The summed E-state index contributed by atoms with van der Waals surface area (Å²) in [7, 11) is 0. The van der Waals surface area contributed by atoms with Crippen molar-refractivity contribution in [3.63, 3.8) is 0 Å². The van der Waals surface area contributed by atoms with Gasteiger partial charge in [0.25, 0.3) is 0 Å². The molecule has 0 saturated carbocycles.